The van der Waals surface area contributed by atoms with Crippen molar-refractivity contribution in [2.75, 3.05) is 0 Å². The molecule has 4 N–H and O–H groups in total. The average Bonchev–Trinajstić information content (AvgIpc) is 2.77. The highest BCUT2D eigenvalue weighted by Crippen LogP contribution is 2.22. The van der Waals surface area contributed by atoms with Gasteiger partial charge in [-0.25, -0.2) is 19.2 Å². The topological polar surface area (TPSA) is 149 Å². The van der Waals surface area contributed by atoms with Crippen molar-refractivity contribution in [2.24, 2.45) is 0 Å². The molecular formula is C24H16O8. The molecule has 8 nitrogen and oxygen atoms in total. The summed E-state index contributed by atoms with van der Waals surface area (Å²) in [6.45, 7) is 0. The zero-order valence-electron chi connectivity index (χ0n) is 16.4. The Labute approximate surface area is 180 Å². The fraction of sp³-hybridized carbons (Fsp3) is 0. The minimum atomic E-state index is -1.06. The summed E-state index contributed by atoms with van der Waals surface area (Å²) in [5, 5.41) is 37.8. The maximum Gasteiger partial charge on any atom is 0.336 e. The molecule has 0 aliphatic carbocycles. The quantitative estimate of drug-likeness (QED) is 0.369. The van der Waals surface area contributed by atoms with Gasteiger partial charge in [0, 0.05) is 0 Å². The second kappa shape index (κ2) is 8.97. The Balaban J connectivity index is 0.000000181. The number of rotatable bonds is 4. The van der Waals surface area contributed by atoms with E-state index in [4.69, 9.17) is 20.4 Å². The van der Waals surface area contributed by atoms with E-state index in [9.17, 15) is 19.2 Å². The maximum absolute atomic E-state index is 10.9. The van der Waals surface area contributed by atoms with E-state index < -0.39 is 23.9 Å². The molecule has 0 aromatic heterocycles. The molecule has 32 heavy (non-hydrogen) atoms. The van der Waals surface area contributed by atoms with Crippen molar-refractivity contribution in [2.45, 2.75) is 0 Å². The van der Waals surface area contributed by atoms with Gasteiger partial charge in [-0.05, 0) is 57.9 Å². The molecule has 0 bridgehead atoms. The summed E-state index contributed by atoms with van der Waals surface area (Å²) in [6, 6.07) is 18.3. The summed E-state index contributed by atoms with van der Waals surface area (Å²) < 4.78 is 0. The van der Waals surface area contributed by atoms with Crippen LogP contribution in [0.5, 0.6) is 0 Å². The van der Waals surface area contributed by atoms with Gasteiger partial charge in [-0.1, -0.05) is 36.4 Å². The van der Waals surface area contributed by atoms with E-state index in [1.54, 1.807) is 24.3 Å². The maximum atomic E-state index is 10.9. The van der Waals surface area contributed by atoms with Crippen LogP contribution in [-0.4, -0.2) is 44.3 Å². The fourth-order valence-electron chi connectivity index (χ4n) is 3.19. The van der Waals surface area contributed by atoms with E-state index in [1.807, 2.05) is 0 Å². The van der Waals surface area contributed by atoms with Crippen molar-refractivity contribution in [1.29, 1.82) is 0 Å². The number of aromatic carboxylic acids is 4. The van der Waals surface area contributed by atoms with Crippen LogP contribution in [0.4, 0.5) is 0 Å². The number of fused-ring (bicyclic) bond motifs is 2. The molecule has 160 valence electrons. The zero-order chi connectivity index (χ0) is 23.4. The first-order valence-electron chi connectivity index (χ1n) is 9.18. The van der Waals surface area contributed by atoms with Crippen molar-refractivity contribution in [3.05, 3.63) is 95.1 Å². The van der Waals surface area contributed by atoms with Crippen molar-refractivity contribution < 1.29 is 39.6 Å². The third kappa shape index (κ3) is 4.54. The number of hydrogen-bond donors (Lipinski definition) is 4. The van der Waals surface area contributed by atoms with Crippen LogP contribution in [0.2, 0.25) is 0 Å². The van der Waals surface area contributed by atoms with E-state index >= 15 is 0 Å². The van der Waals surface area contributed by atoms with Gasteiger partial charge in [-0.2, -0.15) is 0 Å². The monoisotopic (exact) mass is 432 g/mol. The molecule has 0 aliphatic rings. The van der Waals surface area contributed by atoms with Crippen LogP contribution >= 0.6 is 0 Å². The molecule has 4 aromatic carbocycles. The molecule has 0 radical (unpaired) electrons. The summed E-state index contributed by atoms with van der Waals surface area (Å²) >= 11 is 0. The van der Waals surface area contributed by atoms with Gasteiger partial charge in [0.2, 0.25) is 0 Å². The Bertz CT molecular complexity index is 1280. The summed E-state index contributed by atoms with van der Waals surface area (Å²) in [5.74, 6) is -4.12. The van der Waals surface area contributed by atoms with Crippen molar-refractivity contribution in [1.82, 2.24) is 0 Å². The van der Waals surface area contributed by atoms with Crippen LogP contribution in [0, 0.1) is 0 Å². The van der Waals surface area contributed by atoms with Crippen LogP contribution in [0.25, 0.3) is 21.5 Å². The Hall–Kier alpha value is -4.72. The molecule has 4 aromatic rings. The molecule has 0 saturated carbocycles. The van der Waals surface area contributed by atoms with Gasteiger partial charge >= 0.3 is 23.9 Å². The number of carboxylic acids is 4. The lowest BCUT2D eigenvalue weighted by Gasteiger charge is -2.04. The molecule has 0 aliphatic heterocycles. The molecule has 4 rings (SSSR count). The first-order chi connectivity index (χ1) is 15.2. The van der Waals surface area contributed by atoms with Crippen LogP contribution in [0.3, 0.4) is 0 Å². The second-order valence-corrected chi connectivity index (χ2v) is 6.70. The predicted molar refractivity (Wildman–Crippen MR) is 116 cm³/mol. The minimum absolute atomic E-state index is 0.112. The van der Waals surface area contributed by atoms with Crippen molar-refractivity contribution >= 4 is 45.4 Å². The van der Waals surface area contributed by atoms with E-state index in [0.29, 0.717) is 21.5 Å². The SMILES string of the molecule is O=C(O)c1ccc2cc(C(=O)O)ccc2c1.O=C(O)c1cccc2c(C(=O)O)cccc12. The minimum Gasteiger partial charge on any atom is -0.478 e. The standard InChI is InChI=1S/2C12H8O4/c13-11(14)9-3-1-7-5-10(12(15)16)4-2-8(7)6-9;13-11(14)9-5-1-3-7-8(9)4-2-6-10(7)12(15)16/h2*1-6H,(H,13,14)(H,15,16). The van der Waals surface area contributed by atoms with Crippen LogP contribution < -0.4 is 0 Å². The van der Waals surface area contributed by atoms with E-state index in [1.165, 1.54) is 48.5 Å². The normalized spacial score (nSPS) is 10.2. The third-order valence-electron chi connectivity index (χ3n) is 4.72. The highest BCUT2D eigenvalue weighted by molar-refractivity contribution is 6.10. The van der Waals surface area contributed by atoms with E-state index in [2.05, 4.69) is 0 Å². The largest absolute Gasteiger partial charge is 0.478 e. The first kappa shape index (κ1) is 22.0. The van der Waals surface area contributed by atoms with Crippen LogP contribution in [0.1, 0.15) is 41.4 Å². The lowest BCUT2D eigenvalue weighted by Crippen LogP contribution is -2.01. The zero-order valence-corrected chi connectivity index (χ0v) is 16.4. The predicted octanol–water partition coefficient (Wildman–Crippen LogP) is 4.47. The van der Waals surface area contributed by atoms with Gasteiger partial charge in [-0.15, -0.1) is 0 Å². The molecule has 0 heterocycles. The van der Waals surface area contributed by atoms with Crippen molar-refractivity contribution in [3.63, 3.8) is 0 Å². The van der Waals surface area contributed by atoms with Crippen LogP contribution in [-0.2, 0) is 0 Å². The van der Waals surface area contributed by atoms with Crippen LogP contribution in [0.15, 0.2) is 72.8 Å². The van der Waals surface area contributed by atoms with Gasteiger partial charge in [0.05, 0.1) is 22.3 Å². The first-order valence-corrected chi connectivity index (χ1v) is 9.18. The summed E-state index contributed by atoms with van der Waals surface area (Å²) in [4.78, 5) is 43.3. The molecule has 0 spiro atoms. The summed E-state index contributed by atoms with van der Waals surface area (Å²) in [6.07, 6.45) is 0. The Kier molecular flexibility index (Phi) is 6.16. The second-order valence-electron chi connectivity index (χ2n) is 6.70. The van der Waals surface area contributed by atoms with Gasteiger partial charge in [-0.3, -0.25) is 0 Å². The number of carbonyl (C=O) groups is 4. The average molecular weight is 432 g/mol. The van der Waals surface area contributed by atoms with E-state index in [0.717, 1.165) is 0 Å². The third-order valence-corrected chi connectivity index (χ3v) is 4.72. The summed E-state index contributed by atoms with van der Waals surface area (Å²) in [7, 11) is 0. The Morgan fingerprint density at radius 3 is 1.16 bits per heavy atom. The Morgan fingerprint density at radius 1 is 0.469 bits per heavy atom. The summed E-state index contributed by atoms with van der Waals surface area (Å²) in [5.41, 5.74) is 0.604. The van der Waals surface area contributed by atoms with Gasteiger partial charge in [0.1, 0.15) is 0 Å². The molecule has 0 amide bonds. The molecule has 8 heteroatoms. The lowest BCUT2D eigenvalue weighted by molar-refractivity contribution is 0.0686. The van der Waals surface area contributed by atoms with Gasteiger partial charge in [0.15, 0.2) is 0 Å². The highest BCUT2D eigenvalue weighted by Gasteiger charge is 2.13. The molecule has 0 unspecified atom stereocenters. The molecule has 0 saturated heterocycles. The fourth-order valence-corrected chi connectivity index (χ4v) is 3.19. The number of benzene rings is 4. The molecule has 0 atom stereocenters. The molecular weight excluding hydrogens is 416 g/mol. The number of carboxylic acid groups (broad SMARTS) is 4. The van der Waals surface area contributed by atoms with Gasteiger partial charge < -0.3 is 20.4 Å². The van der Waals surface area contributed by atoms with E-state index in [-0.39, 0.29) is 22.3 Å². The smallest absolute Gasteiger partial charge is 0.336 e. The number of hydrogen-bond acceptors (Lipinski definition) is 4. The Morgan fingerprint density at radius 2 is 0.844 bits per heavy atom. The van der Waals surface area contributed by atoms with Gasteiger partial charge in [0.25, 0.3) is 0 Å². The molecule has 0 fully saturated rings. The lowest BCUT2D eigenvalue weighted by atomic mass is 10.0. The van der Waals surface area contributed by atoms with Crippen molar-refractivity contribution in [3.8, 4) is 0 Å². The highest BCUT2D eigenvalue weighted by atomic mass is 16.4.